The number of nitrogens with zero attached hydrogens (tertiary/aromatic N) is 1. The molecule has 0 aliphatic carbocycles. The van der Waals surface area contributed by atoms with Crippen molar-refractivity contribution in [3.63, 3.8) is 0 Å². The van der Waals surface area contributed by atoms with Crippen molar-refractivity contribution in [1.82, 2.24) is 4.90 Å². The van der Waals surface area contributed by atoms with E-state index in [0.29, 0.717) is 13.2 Å². The summed E-state index contributed by atoms with van der Waals surface area (Å²) in [6.07, 6.45) is 2.77. The molecule has 0 amide bonds. The minimum absolute atomic E-state index is 0.0818. The first-order chi connectivity index (χ1) is 14.1. The van der Waals surface area contributed by atoms with Crippen molar-refractivity contribution in [2.24, 2.45) is 5.41 Å². The van der Waals surface area contributed by atoms with E-state index in [-0.39, 0.29) is 12.0 Å². The van der Waals surface area contributed by atoms with E-state index in [0.717, 1.165) is 60.8 Å². The summed E-state index contributed by atoms with van der Waals surface area (Å²) in [5, 5.41) is 11.0. The van der Waals surface area contributed by atoms with Crippen LogP contribution in [-0.4, -0.2) is 43.4 Å². The van der Waals surface area contributed by atoms with Gasteiger partial charge in [-0.05, 0) is 74.0 Å². The summed E-state index contributed by atoms with van der Waals surface area (Å²) in [4.78, 5) is 2.47. The van der Waals surface area contributed by atoms with E-state index in [9.17, 15) is 5.11 Å². The summed E-state index contributed by atoms with van der Waals surface area (Å²) in [6.45, 7) is 6.30. The van der Waals surface area contributed by atoms with E-state index in [4.69, 9.17) is 21.1 Å². The Morgan fingerprint density at radius 2 is 1.86 bits per heavy atom. The number of piperidine rings is 1. The smallest absolute Gasteiger partial charge is 0.124 e. The van der Waals surface area contributed by atoms with Gasteiger partial charge in [-0.3, -0.25) is 4.90 Å². The highest BCUT2D eigenvalue weighted by molar-refractivity contribution is 6.31. The molecular weight excluding hydrogens is 386 g/mol. The van der Waals surface area contributed by atoms with Gasteiger partial charge in [0.05, 0.1) is 13.7 Å². The minimum Gasteiger partial charge on any atom is -0.496 e. The molecule has 3 rings (SSSR count). The highest BCUT2D eigenvalue weighted by atomic mass is 35.5. The van der Waals surface area contributed by atoms with Gasteiger partial charge in [-0.2, -0.15) is 0 Å². The van der Waals surface area contributed by atoms with Crippen LogP contribution in [0.4, 0.5) is 0 Å². The Hall–Kier alpha value is -1.59. The Balaban J connectivity index is 1.62. The zero-order chi connectivity index (χ0) is 20.7. The van der Waals surface area contributed by atoms with Gasteiger partial charge in [0, 0.05) is 30.3 Å². The van der Waals surface area contributed by atoms with E-state index < -0.39 is 0 Å². The number of aliphatic hydroxyl groups excluding tert-OH is 1. The fourth-order valence-corrected chi connectivity index (χ4v) is 4.34. The number of benzene rings is 2. The number of aliphatic hydroxyl groups is 1. The molecule has 0 radical (unpaired) electrons. The third kappa shape index (κ3) is 5.73. The van der Waals surface area contributed by atoms with Gasteiger partial charge in [0.15, 0.2) is 0 Å². The van der Waals surface area contributed by atoms with E-state index >= 15 is 0 Å². The second kappa shape index (κ2) is 10.4. The summed E-state index contributed by atoms with van der Waals surface area (Å²) in [7, 11) is 1.70. The van der Waals surface area contributed by atoms with Gasteiger partial charge < -0.3 is 14.6 Å². The molecule has 1 aliphatic rings. The Morgan fingerprint density at radius 3 is 2.52 bits per heavy atom. The predicted molar refractivity (Wildman–Crippen MR) is 118 cm³/mol. The third-order valence-corrected chi connectivity index (χ3v) is 6.36. The molecule has 1 aliphatic heterocycles. The molecule has 1 saturated heterocycles. The molecule has 2 aromatic carbocycles. The Morgan fingerprint density at radius 1 is 1.10 bits per heavy atom. The molecule has 0 saturated carbocycles. The van der Waals surface area contributed by atoms with E-state index in [1.165, 1.54) is 5.56 Å². The van der Waals surface area contributed by atoms with Crippen molar-refractivity contribution in [3.8, 4) is 5.75 Å². The van der Waals surface area contributed by atoms with Crippen LogP contribution in [-0.2, 0) is 24.3 Å². The lowest BCUT2D eigenvalue weighted by Gasteiger charge is -2.41. The fraction of sp³-hybridized carbons (Fsp3) is 0.500. The van der Waals surface area contributed by atoms with Gasteiger partial charge in [0.2, 0.25) is 0 Å². The first kappa shape index (κ1) is 22.1. The number of likely N-dealkylation sites (tertiary alicyclic amines) is 1. The lowest BCUT2D eigenvalue weighted by Crippen LogP contribution is -2.42. The molecule has 29 heavy (non-hydrogen) atoms. The van der Waals surface area contributed by atoms with Crippen LogP contribution in [0.25, 0.3) is 0 Å². The van der Waals surface area contributed by atoms with Crippen molar-refractivity contribution in [1.29, 1.82) is 0 Å². The number of rotatable bonds is 9. The van der Waals surface area contributed by atoms with E-state index in [1.807, 2.05) is 31.2 Å². The molecule has 1 heterocycles. The Kier molecular flexibility index (Phi) is 7.96. The number of ether oxygens (including phenoxy) is 2. The maximum atomic E-state index is 10.2. The zero-order valence-electron chi connectivity index (χ0n) is 17.5. The van der Waals surface area contributed by atoms with Crippen molar-refractivity contribution < 1.29 is 14.6 Å². The zero-order valence-corrected chi connectivity index (χ0v) is 18.3. The van der Waals surface area contributed by atoms with Gasteiger partial charge in [0.25, 0.3) is 0 Å². The van der Waals surface area contributed by atoms with Gasteiger partial charge in [-0.15, -0.1) is 0 Å². The third-order valence-electron chi connectivity index (χ3n) is 5.99. The molecule has 2 aromatic rings. The number of halogens is 1. The highest BCUT2D eigenvalue weighted by Gasteiger charge is 2.34. The highest BCUT2D eigenvalue weighted by Crippen LogP contribution is 2.37. The maximum absolute atomic E-state index is 10.2. The van der Waals surface area contributed by atoms with Crippen LogP contribution in [0.3, 0.4) is 0 Å². The molecule has 0 unspecified atom stereocenters. The van der Waals surface area contributed by atoms with Crippen molar-refractivity contribution in [3.05, 3.63) is 64.2 Å². The fourth-order valence-electron chi connectivity index (χ4n) is 4.14. The second-order valence-corrected chi connectivity index (χ2v) is 8.39. The summed E-state index contributed by atoms with van der Waals surface area (Å²) in [6, 6.07) is 14.3. The molecule has 0 bridgehead atoms. The van der Waals surface area contributed by atoms with Crippen LogP contribution in [0, 0.1) is 5.41 Å². The number of hydrogen-bond acceptors (Lipinski definition) is 4. The maximum Gasteiger partial charge on any atom is 0.124 e. The van der Waals surface area contributed by atoms with E-state index in [2.05, 4.69) is 23.1 Å². The SMILES string of the molecule is CCOCc1cc(CN2CCC(CO)(Cc3ccccc3Cl)CC2)ccc1OC. The second-order valence-electron chi connectivity index (χ2n) is 7.99. The van der Waals surface area contributed by atoms with Crippen molar-refractivity contribution in [2.45, 2.75) is 39.3 Å². The standard InChI is InChI=1S/C24H32ClNO3/c1-3-29-17-21-14-19(8-9-23(21)28-2)16-26-12-10-24(18-27,11-13-26)15-20-6-4-5-7-22(20)25/h4-9,14,27H,3,10-13,15-18H2,1-2H3. The van der Waals surface area contributed by atoms with Crippen LogP contribution < -0.4 is 4.74 Å². The number of hydrogen-bond donors (Lipinski definition) is 1. The first-order valence-corrected chi connectivity index (χ1v) is 10.8. The largest absolute Gasteiger partial charge is 0.496 e. The monoisotopic (exact) mass is 417 g/mol. The van der Waals surface area contributed by atoms with E-state index in [1.54, 1.807) is 7.11 Å². The quantitative estimate of drug-likeness (QED) is 0.642. The lowest BCUT2D eigenvalue weighted by molar-refractivity contribution is 0.0413. The van der Waals surface area contributed by atoms with Crippen molar-refractivity contribution >= 4 is 11.6 Å². The minimum atomic E-state index is -0.0818. The summed E-state index contributed by atoms with van der Waals surface area (Å²) < 4.78 is 11.0. The topological polar surface area (TPSA) is 41.9 Å². The average molecular weight is 418 g/mol. The lowest BCUT2D eigenvalue weighted by atomic mass is 9.74. The average Bonchev–Trinajstić information content (AvgIpc) is 2.75. The van der Waals surface area contributed by atoms with Crippen LogP contribution in [0.1, 0.15) is 36.5 Å². The van der Waals surface area contributed by atoms with Crippen LogP contribution >= 0.6 is 11.6 Å². The molecule has 0 atom stereocenters. The molecule has 158 valence electrons. The van der Waals surface area contributed by atoms with Gasteiger partial charge in [0.1, 0.15) is 5.75 Å². The summed E-state index contributed by atoms with van der Waals surface area (Å²) >= 11 is 6.36. The summed E-state index contributed by atoms with van der Waals surface area (Å²) in [5.41, 5.74) is 3.41. The van der Waals surface area contributed by atoms with Gasteiger partial charge >= 0.3 is 0 Å². The molecular formula is C24H32ClNO3. The molecule has 1 fully saturated rings. The normalized spacial score (nSPS) is 16.7. The van der Waals surface area contributed by atoms with Gasteiger partial charge in [-0.1, -0.05) is 35.9 Å². The molecule has 0 aromatic heterocycles. The summed E-state index contributed by atoms with van der Waals surface area (Å²) in [5.74, 6) is 0.875. The molecule has 1 N–H and O–H groups in total. The first-order valence-electron chi connectivity index (χ1n) is 10.4. The molecule has 0 spiro atoms. The van der Waals surface area contributed by atoms with Crippen LogP contribution in [0.2, 0.25) is 5.02 Å². The molecule has 4 nitrogen and oxygen atoms in total. The van der Waals surface area contributed by atoms with Crippen molar-refractivity contribution in [2.75, 3.05) is 33.4 Å². The van der Waals surface area contributed by atoms with Gasteiger partial charge in [-0.25, -0.2) is 0 Å². The number of methoxy groups -OCH3 is 1. The Bertz CT molecular complexity index is 787. The molecule has 5 heteroatoms. The van der Waals surface area contributed by atoms with Crippen LogP contribution in [0.5, 0.6) is 5.75 Å². The predicted octanol–water partition coefficient (Wildman–Crippen LogP) is 4.70. The Labute approximate surface area is 179 Å². The van der Waals surface area contributed by atoms with Crippen LogP contribution in [0.15, 0.2) is 42.5 Å².